The van der Waals surface area contributed by atoms with Gasteiger partial charge in [-0.25, -0.2) is 39.9 Å². The van der Waals surface area contributed by atoms with E-state index in [1.807, 2.05) is 33.2 Å². The van der Waals surface area contributed by atoms with Crippen LogP contribution in [0.3, 0.4) is 0 Å². The minimum Gasteiger partial charge on any atom is -0.378 e. The lowest BCUT2D eigenvalue weighted by Gasteiger charge is -2.43. The maximum absolute atomic E-state index is 13.7. The van der Waals surface area contributed by atoms with Crippen molar-refractivity contribution in [2.75, 3.05) is 140 Å². The van der Waals surface area contributed by atoms with E-state index < -0.39 is 0 Å². The number of ether oxygens (including phenoxy) is 2. The van der Waals surface area contributed by atoms with Crippen LogP contribution in [0.4, 0.5) is 41.2 Å². The van der Waals surface area contributed by atoms with Crippen molar-refractivity contribution in [3.8, 4) is 0 Å². The van der Waals surface area contributed by atoms with Crippen LogP contribution < -0.4 is 79.9 Å². The third kappa shape index (κ3) is 16.5. The van der Waals surface area contributed by atoms with Gasteiger partial charge in [0.1, 0.15) is 22.6 Å². The summed E-state index contributed by atoms with van der Waals surface area (Å²) in [6.45, 7) is 22.5. The Balaban J connectivity index is 0.000000115. The van der Waals surface area contributed by atoms with Crippen molar-refractivity contribution in [2.24, 2.45) is 111 Å². The first-order chi connectivity index (χ1) is 64.5. The van der Waals surface area contributed by atoms with Crippen LogP contribution in [0.2, 0.25) is 20.2 Å². The molecule has 0 bridgehead atoms. The van der Waals surface area contributed by atoms with Crippen molar-refractivity contribution in [1.82, 2.24) is 58.1 Å². The number of halogens is 5. The van der Waals surface area contributed by atoms with Crippen molar-refractivity contribution in [3.05, 3.63) is 182 Å². The van der Waals surface area contributed by atoms with E-state index in [1.54, 1.807) is 76.3 Å². The summed E-state index contributed by atoms with van der Waals surface area (Å²) in [6.07, 6.45) is 24.6. The molecule has 134 heavy (non-hydrogen) atoms. The van der Waals surface area contributed by atoms with E-state index in [0.717, 1.165) is 194 Å². The maximum Gasteiger partial charge on any atom is 0.264 e. The van der Waals surface area contributed by atoms with E-state index in [-0.39, 0.29) is 74.2 Å². The van der Waals surface area contributed by atoms with E-state index in [1.165, 1.54) is 38.5 Å². The number of hydrogen-bond donors (Lipinski definition) is 5. The molecule has 8 aromatic rings. The summed E-state index contributed by atoms with van der Waals surface area (Å²) in [6, 6.07) is 8.14. The second-order valence-electron chi connectivity index (χ2n) is 39.6. The van der Waals surface area contributed by atoms with E-state index in [4.69, 9.17) is 109 Å². The Kier molecular flexibility index (Phi) is 26.3. The van der Waals surface area contributed by atoms with Gasteiger partial charge in [-0.3, -0.25) is 57.4 Å². The predicted octanol–water partition coefficient (Wildman–Crippen LogP) is 10.3. The fraction of sp³-hybridized carbons (Fsp3) is 0.583. The van der Waals surface area contributed by atoms with E-state index in [2.05, 4.69) is 101 Å². The van der Waals surface area contributed by atoms with Gasteiger partial charge in [-0.1, -0.05) is 67.2 Å². The van der Waals surface area contributed by atoms with Crippen LogP contribution in [0.5, 0.6) is 0 Å². The molecule has 0 unspecified atom stereocenters. The highest BCUT2D eigenvalue weighted by Gasteiger charge is 2.52. The van der Waals surface area contributed by atoms with E-state index in [9.17, 15) is 19.2 Å². The Hall–Kier alpha value is -9.20. The molecule has 712 valence electrons. The molecule has 0 radical (unpaired) electrons. The Morgan fingerprint density at radius 1 is 0.396 bits per heavy atom. The number of aliphatic imine (C=N–C) groups is 4. The van der Waals surface area contributed by atoms with Crippen LogP contribution in [0.1, 0.15) is 198 Å². The van der Waals surface area contributed by atoms with Gasteiger partial charge in [0.25, 0.3) is 22.2 Å². The highest BCUT2D eigenvalue weighted by Crippen LogP contribution is 2.52. The standard InChI is InChI=1S/C26H34ClN7O2.C26H34ClN7O.C23H30ClN7O.C21H24BrClN6O2/c1-16-3-5-26(22(16)28)6-9-34(10-7-26)25-31-18-15-30-21(19(18)24(35)32(25)2)17-4-8-29-23(20(17)27)33-11-13-36-14-12-33;1-16-5-7-26(22(16)28)8-13-34(14-9-26)25-31-18-15-30-21(19(18)24(35)32(25)2)17-6-10-29-23(20(17)27)33-11-3-4-12-33;1-13-4-6-23(19(13)25)7-10-31(11-8-23)22-29-15-12-28-18(16(15)21(32)30(22)3)14-5-9-27-20(26-2)17(14)24;1-11-17(24)21(10-31-11)4-7-29(8-5-21)20-27-13-9-26-16(14(13)19(30)28(20)2)12-3-6-25-18(23)15(12)22/h4,8,16,22H,3,5-7,9-15,28H2,1-2H3;6,10,16,22H,3-5,7-9,11-15,28H2,1-2H3;5,9,13,19H,4,6-8,10-12,25H2,1-3H3,(H,26,27);3,6,11,17H,4-5,7-10,24H2,1-2H3/t2*16-,22-;13-,19-;11-,17+/m1110/s1. The monoisotopic (exact) mass is 1970 g/mol. The van der Waals surface area contributed by atoms with Crippen LogP contribution in [0.15, 0.2) is 92.7 Å². The lowest BCUT2D eigenvalue weighted by molar-refractivity contribution is 0.0973. The first kappa shape index (κ1) is 93.8. The second-order valence-corrected chi connectivity index (χ2v) is 41.9. The molecule has 0 aromatic carbocycles. The fourth-order valence-electron chi connectivity index (χ4n) is 23.9. The second kappa shape index (κ2) is 37.6. The van der Waals surface area contributed by atoms with Gasteiger partial charge >= 0.3 is 0 Å². The topological polar surface area (TPSA) is 395 Å². The summed E-state index contributed by atoms with van der Waals surface area (Å²) >= 11 is 29.8. The number of fused-ring (bicyclic) bond motifs is 4. The first-order valence-electron chi connectivity index (χ1n) is 47.7. The summed E-state index contributed by atoms with van der Waals surface area (Å²) in [7, 11) is 8.95. The summed E-state index contributed by atoms with van der Waals surface area (Å²) < 4.78 is 18.6. The molecule has 11 aliphatic heterocycles. The molecule has 14 aliphatic rings. The Morgan fingerprint density at radius 2 is 0.709 bits per heavy atom. The summed E-state index contributed by atoms with van der Waals surface area (Å²) in [4.78, 5) is 123. The number of nitrogens with zero attached hydrogens (tertiary/aromatic N) is 22. The van der Waals surface area contributed by atoms with Crippen molar-refractivity contribution in [1.29, 1.82) is 0 Å². The summed E-state index contributed by atoms with van der Waals surface area (Å²) in [5.41, 5.74) is 37.0. The molecule has 10 fully saturated rings. The fourth-order valence-corrected chi connectivity index (χ4v) is 25.4. The number of nitrogens with one attached hydrogen (secondary N) is 1. The number of anilines is 7. The normalized spacial score (nSPS) is 24.9. The molecular formula is C96H122BrCl4N27O6. The van der Waals surface area contributed by atoms with Gasteiger partial charge in [0.2, 0.25) is 23.8 Å². The molecule has 4 spiro atoms. The molecule has 9 N–H and O–H groups in total. The Bertz CT molecular complexity index is 6290. The Morgan fingerprint density at radius 3 is 1.04 bits per heavy atom. The zero-order valence-electron chi connectivity index (χ0n) is 78.0. The molecule has 33 nitrogen and oxygen atoms in total. The number of rotatable bonds is 11. The summed E-state index contributed by atoms with van der Waals surface area (Å²) in [5.74, 6) is 6.66. The molecule has 3 aliphatic carbocycles. The molecule has 0 amide bonds. The molecule has 19 heterocycles. The van der Waals surface area contributed by atoms with Crippen molar-refractivity contribution in [3.63, 3.8) is 0 Å². The van der Waals surface area contributed by atoms with Gasteiger partial charge in [-0.2, -0.15) is 0 Å². The van der Waals surface area contributed by atoms with E-state index in [0.29, 0.717) is 168 Å². The number of piperidine rings is 4. The molecule has 22 rings (SSSR count). The predicted molar refractivity (Wildman–Crippen MR) is 532 cm³/mol. The van der Waals surface area contributed by atoms with Crippen LogP contribution in [0, 0.1) is 39.4 Å². The highest BCUT2D eigenvalue weighted by molar-refractivity contribution is 9.10. The number of nitrogens with two attached hydrogens (primary N) is 4. The van der Waals surface area contributed by atoms with E-state index >= 15 is 0 Å². The molecule has 3 saturated carbocycles. The summed E-state index contributed by atoms with van der Waals surface area (Å²) in [5, 5.41) is 4.84. The van der Waals surface area contributed by atoms with Crippen molar-refractivity contribution < 1.29 is 9.47 Å². The first-order valence-corrected chi connectivity index (χ1v) is 50.0. The lowest BCUT2D eigenvalue weighted by atomic mass is 9.73. The maximum atomic E-state index is 13.7. The number of morpholine rings is 1. The molecule has 8 atom stereocenters. The van der Waals surface area contributed by atoms with Gasteiger partial charge < -0.3 is 67.1 Å². The van der Waals surface area contributed by atoms with Crippen molar-refractivity contribution in [2.45, 2.75) is 187 Å². The number of hydrogen-bond acceptors (Lipinski definition) is 29. The molecule has 7 saturated heterocycles. The SMILES string of the molecule is CNc1nccc(C2=NCc3nc(N4CCC5(CC[C@@H](C)[C@H]5N)CC4)n(C)c(=O)c32)c1Cl.C[C@@H]1CCC2(CCN(c3nc4c(c(=O)n3C)C(c3ccnc(N5CCCC5)c3Cl)=NC4)CC2)[C@@H]1N.C[C@@H]1CCC2(CCN(c3nc4c(c(=O)n3C)C(c3ccnc(N5CCOCC5)c3Cl)=NC4)CC2)[C@@H]1N.C[C@@H]1OCC2(CCN(c3nc4c(c(=O)n3C)C(c3ccnc(Cl)c3Br)=NC4)CC2)[C@@H]1N. The average Bonchev–Trinajstić information content (AvgIpc) is 1.57. The molecular weight excluding hydrogens is 1850 g/mol. The minimum atomic E-state index is -0.106. The van der Waals surface area contributed by atoms with Gasteiger partial charge in [0.05, 0.1) is 140 Å². The van der Waals surface area contributed by atoms with Crippen molar-refractivity contribution >= 4 is 126 Å². The molecule has 38 heteroatoms. The smallest absolute Gasteiger partial charge is 0.264 e. The highest BCUT2D eigenvalue weighted by atomic mass is 79.9. The minimum absolute atomic E-state index is 0.0225. The largest absolute Gasteiger partial charge is 0.378 e. The number of aromatic nitrogens is 12. The van der Waals surface area contributed by atoms with Gasteiger partial charge in [0, 0.05) is 190 Å². The Labute approximate surface area is 808 Å². The lowest BCUT2D eigenvalue weighted by Crippen LogP contribution is -2.51. The van der Waals surface area contributed by atoms with Crippen LogP contribution >= 0.6 is 62.3 Å². The zero-order valence-corrected chi connectivity index (χ0v) is 82.6. The average molecular weight is 1970 g/mol. The molecule has 8 aromatic heterocycles. The van der Waals surface area contributed by atoms with Crippen LogP contribution in [0.25, 0.3) is 0 Å². The quantitative estimate of drug-likeness (QED) is 0.0751. The third-order valence-corrected chi connectivity index (χ3v) is 35.0. The zero-order chi connectivity index (χ0) is 93.9. The third-order valence-electron chi connectivity index (χ3n) is 32.6. The van der Waals surface area contributed by atoms with Gasteiger partial charge in [-0.15, -0.1) is 0 Å². The van der Waals surface area contributed by atoms with Gasteiger partial charge in [0.15, 0.2) is 0 Å². The van der Waals surface area contributed by atoms with Gasteiger partial charge in [-0.05, 0) is 184 Å². The van der Waals surface area contributed by atoms with Crippen LogP contribution in [-0.4, -0.2) is 217 Å². The van der Waals surface area contributed by atoms with Crippen LogP contribution in [-0.2, 0) is 63.8 Å². The number of pyridine rings is 4.